The highest BCUT2D eigenvalue weighted by Crippen LogP contribution is 2.41. The lowest BCUT2D eigenvalue weighted by Gasteiger charge is -2.34. The van der Waals surface area contributed by atoms with E-state index in [0.717, 1.165) is 17.9 Å². The molecule has 1 heterocycles. The van der Waals surface area contributed by atoms with Crippen LogP contribution >= 0.6 is 0 Å². The topological polar surface area (TPSA) is 59.1 Å². The van der Waals surface area contributed by atoms with Gasteiger partial charge in [-0.05, 0) is 78.8 Å². The van der Waals surface area contributed by atoms with E-state index in [1.54, 1.807) is 16.7 Å². The number of hydrogen-bond acceptors (Lipinski definition) is 4. The monoisotopic (exact) mass is 524 g/mol. The second-order valence-corrected chi connectivity index (χ2v) is 10.8. The number of nitrogens with zero attached hydrogens (tertiary/aromatic N) is 2. The molecule has 0 spiro atoms. The summed E-state index contributed by atoms with van der Waals surface area (Å²) in [6.07, 6.45) is 7.16. The summed E-state index contributed by atoms with van der Waals surface area (Å²) in [5.41, 5.74) is 2.48. The molecule has 2 aliphatic rings. The first-order valence-electron chi connectivity index (χ1n) is 13.9. The van der Waals surface area contributed by atoms with E-state index in [1.807, 2.05) is 24.3 Å². The van der Waals surface area contributed by atoms with Crippen LogP contribution in [0.4, 0.5) is 4.39 Å². The van der Waals surface area contributed by atoms with E-state index in [0.29, 0.717) is 49.5 Å². The van der Waals surface area contributed by atoms with Gasteiger partial charge in [-0.1, -0.05) is 38.0 Å². The van der Waals surface area contributed by atoms with Crippen LogP contribution in [0, 0.1) is 11.7 Å². The van der Waals surface area contributed by atoms with Crippen LogP contribution in [0.5, 0.6) is 11.5 Å². The van der Waals surface area contributed by atoms with Gasteiger partial charge in [-0.15, -0.1) is 0 Å². The van der Waals surface area contributed by atoms with Crippen molar-refractivity contribution < 1.29 is 23.5 Å². The number of halogens is 1. The Labute approximate surface area is 226 Å². The van der Waals surface area contributed by atoms with Crippen LogP contribution in [-0.2, 0) is 9.59 Å². The zero-order valence-corrected chi connectivity index (χ0v) is 23.0. The minimum atomic E-state index is -0.311. The summed E-state index contributed by atoms with van der Waals surface area (Å²) in [5, 5.41) is 0. The van der Waals surface area contributed by atoms with Gasteiger partial charge < -0.3 is 19.3 Å². The van der Waals surface area contributed by atoms with E-state index in [9.17, 15) is 14.0 Å². The summed E-state index contributed by atoms with van der Waals surface area (Å²) in [6.45, 7) is 6.07. The lowest BCUT2D eigenvalue weighted by molar-refractivity contribution is -0.139. The fraction of sp³-hybridized carbons (Fsp3) is 0.548. The van der Waals surface area contributed by atoms with Crippen LogP contribution in [0.3, 0.4) is 0 Å². The first kappa shape index (κ1) is 27.9. The number of ether oxygens (including phenoxy) is 2. The van der Waals surface area contributed by atoms with Crippen molar-refractivity contribution in [1.29, 1.82) is 0 Å². The van der Waals surface area contributed by atoms with Crippen molar-refractivity contribution in [3.8, 4) is 11.5 Å². The minimum Gasteiger partial charge on any atom is -0.494 e. The average molecular weight is 525 g/mol. The third-order valence-electron chi connectivity index (χ3n) is 8.33. The van der Waals surface area contributed by atoms with Crippen molar-refractivity contribution in [2.24, 2.45) is 5.92 Å². The predicted molar refractivity (Wildman–Crippen MR) is 146 cm³/mol. The molecule has 1 saturated heterocycles. The maximum absolute atomic E-state index is 13.7. The first-order valence-corrected chi connectivity index (χ1v) is 13.9. The van der Waals surface area contributed by atoms with Crippen LogP contribution in [0.15, 0.2) is 42.5 Å². The molecule has 0 radical (unpaired) electrons. The van der Waals surface area contributed by atoms with E-state index in [4.69, 9.17) is 9.47 Å². The lowest BCUT2D eigenvalue weighted by atomic mass is 9.91. The van der Waals surface area contributed by atoms with Crippen molar-refractivity contribution >= 4 is 11.8 Å². The molecule has 3 atom stereocenters. The summed E-state index contributed by atoms with van der Waals surface area (Å²) in [4.78, 5) is 27.5. The predicted octanol–water partition coefficient (Wildman–Crippen LogP) is 5.76. The number of carbonyl (C=O) groups excluding carboxylic acids is 2. The Morgan fingerprint density at radius 3 is 2.42 bits per heavy atom. The molecule has 1 aliphatic carbocycles. The van der Waals surface area contributed by atoms with Gasteiger partial charge in [0.2, 0.25) is 5.91 Å². The van der Waals surface area contributed by atoms with Gasteiger partial charge >= 0.3 is 0 Å². The van der Waals surface area contributed by atoms with Gasteiger partial charge in [-0.25, -0.2) is 4.39 Å². The molecule has 2 amide bonds. The van der Waals surface area contributed by atoms with Gasteiger partial charge in [0.15, 0.2) is 18.2 Å². The second kappa shape index (κ2) is 13.1. The van der Waals surface area contributed by atoms with Gasteiger partial charge in [0.1, 0.15) is 5.75 Å². The highest BCUT2D eigenvalue weighted by molar-refractivity contribution is 5.78. The summed E-state index contributed by atoms with van der Waals surface area (Å²) >= 11 is 0. The molecular formula is C31H41FN2O4. The first-order chi connectivity index (χ1) is 18.3. The molecule has 206 valence electrons. The summed E-state index contributed by atoms with van der Waals surface area (Å²) in [5.74, 6) is 2.44. The Bertz CT molecular complexity index is 1080. The molecule has 4 rings (SSSR count). The maximum atomic E-state index is 13.7. The van der Waals surface area contributed by atoms with Crippen molar-refractivity contribution in [3.05, 3.63) is 59.4 Å². The average Bonchev–Trinajstić information content (AvgIpc) is 3.41. The SMILES string of the molecule is COc1cc(C(C)CCCC2CCC(c3ccc(OCC(=O)N4CCN(C(C)=O)CC4)cc3)C2)ccc1F. The van der Waals surface area contributed by atoms with Gasteiger partial charge in [-0.2, -0.15) is 0 Å². The van der Waals surface area contributed by atoms with E-state index in [2.05, 4.69) is 19.1 Å². The van der Waals surface area contributed by atoms with Crippen molar-refractivity contribution in [2.45, 2.75) is 64.2 Å². The van der Waals surface area contributed by atoms with E-state index >= 15 is 0 Å². The number of hydrogen-bond donors (Lipinski definition) is 0. The van der Waals surface area contributed by atoms with E-state index in [-0.39, 0.29) is 24.2 Å². The van der Waals surface area contributed by atoms with Gasteiger partial charge in [0, 0.05) is 33.1 Å². The Morgan fingerprint density at radius 1 is 1.03 bits per heavy atom. The Hall–Kier alpha value is -3.09. The Morgan fingerprint density at radius 2 is 1.74 bits per heavy atom. The molecule has 0 bridgehead atoms. The standard InChI is InChI=1S/C31H41FN2O4/c1-22(26-11-14-29(32)30(20-26)37-3)5-4-6-24-7-8-27(19-24)25-9-12-28(13-10-25)38-21-31(36)34-17-15-33(16-18-34)23(2)35/h9-14,20,22,24,27H,4-8,15-19,21H2,1-3H3. The van der Waals surface area contributed by atoms with E-state index in [1.165, 1.54) is 50.8 Å². The molecule has 0 aromatic heterocycles. The Kier molecular flexibility index (Phi) is 9.64. The number of benzene rings is 2. The molecule has 38 heavy (non-hydrogen) atoms. The van der Waals surface area contributed by atoms with Crippen molar-refractivity contribution in [2.75, 3.05) is 39.9 Å². The number of amides is 2. The lowest BCUT2D eigenvalue weighted by Crippen LogP contribution is -2.51. The highest BCUT2D eigenvalue weighted by atomic mass is 19.1. The second-order valence-electron chi connectivity index (χ2n) is 10.8. The zero-order chi connectivity index (χ0) is 27.1. The minimum absolute atomic E-state index is 0.0219. The molecule has 7 heteroatoms. The molecule has 3 unspecified atom stereocenters. The Balaban J connectivity index is 1.17. The summed E-state index contributed by atoms with van der Waals surface area (Å²) in [7, 11) is 1.51. The van der Waals surface area contributed by atoms with Gasteiger partial charge in [0.05, 0.1) is 7.11 Å². The van der Waals surface area contributed by atoms with Crippen LogP contribution in [0.1, 0.15) is 75.3 Å². The van der Waals surface area contributed by atoms with Crippen LogP contribution < -0.4 is 9.47 Å². The number of carbonyl (C=O) groups is 2. The largest absolute Gasteiger partial charge is 0.494 e. The molecule has 1 saturated carbocycles. The quantitative estimate of drug-likeness (QED) is 0.396. The van der Waals surface area contributed by atoms with Gasteiger partial charge in [0.25, 0.3) is 5.91 Å². The van der Waals surface area contributed by atoms with Crippen LogP contribution in [0.2, 0.25) is 0 Å². The third kappa shape index (κ3) is 7.27. The molecule has 6 nitrogen and oxygen atoms in total. The normalized spacial score (nSPS) is 20.3. The van der Waals surface area contributed by atoms with Crippen molar-refractivity contribution in [1.82, 2.24) is 9.80 Å². The fourth-order valence-corrected chi connectivity index (χ4v) is 5.85. The van der Waals surface area contributed by atoms with Crippen LogP contribution in [0.25, 0.3) is 0 Å². The van der Waals surface area contributed by atoms with E-state index < -0.39 is 0 Å². The number of methoxy groups -OCH3 is 1. The smallest absolute Gasteiger partial charge is 0.260 e. The van der Waals surface area contributed by atoms with Crippen LogP contribution in [-0.4, -0.2) is 61.5 Å². The molecular weight excluding hydrogens is 483 g/mol. The molecule has 1 aliphatic heterocycles. The maximum Gasteiger partial charge on any atom is 0.260 e. The molecule has 2 aromatic rings. The third-order valence-corrected chi connectivity index (χ3v) is 8.33. The number of rotatable bonds is 10. The fourth-order valence-electron chi connectivity index (χ4n) is 5.85. The summed E-state index contributed by atoms with van der Waals surface area (Å²) in [6, 6.07) is 13.4. The highest BCUT2D eigenvalue weighted by Gasteiger charge is 2.26. The molecule has 2 aromatic carbocycles. The summed E-state index contributed by atoms with van der Waals surface area (Å²) < 4.78 is 24.6. The van der Waals surface area contributed by atoms with Crippen molar-refractivity contribution in [3.63, 3.8) is 0 Å². The molecule has 0 N–H and O–H groups in total. The van der Waals surface area contributed by atoms with Gasteiger partial charge in [-0.3, -0.25) is 9.59 Å². The molecule has 2 fully saturated rings. The number of piperazine rings is 1. The zero-order valence-electron chi connectivity index (χ0n) is 23.0.